The van der Waals surface area contributed by atoms with E-state index in [1.165, 1.54) is 21.0 Å². The molecule has 0 fully saturated rings. The molecule has 0 aromatic rings. The third-order valence-electron chi connectivity index (χ3n) is 1.09. The summed E-state index contributed by atoms with van der Waals surface area (Å²) < 4.78 is 4.11. The lowest BCUT2D eigenvalue weighted by Crippen LogP contribution is -2.28. The molecule has 7 nitrogen and oxygen atoms in total. The lowest BCUT2D eigenvalue weighted by Gasteiger charge is -1.91. The van der Waals surface area contributed by atoms with E-state index in [0.29, 0.717) is 0 Å². The molecule has 16 heavy (non-hydrogen) atoms. The summed E-state index contributed by atoms with van der Waals surface area (Å²) in [5, 5.41) is 7.12. The summed E-state index contributed by atoms with van der Waals surface area (Å²) in [6.07, 6.45) is 0. The van der Waals surface area contributed by atoms with Crippen LogP contribution in [0, 0.1) is 0 Å². The molecule has 3 amide bonds. The second kappa shape index (κ2) is 15.7. The molecule has 3 N–H and O–H groups in total. The van der Waals surface area contributed by atoms with Gasteiger partial charge in [-0.05, 0) is 0 Å². The zero-order valence-electron chi connectivity index (χ0n) is 10.6. The van der Waals surface area contributed by atoms with E-state index in [1.807, 2.05) is 0 Å². The summed E-state index contributed by atoms with van der Waals surface area (Å²) in [6.45, 7) is 2.83. The van der Waals surface area contributed by atoms with Gasteiger partial charge in [0.25, 0.3) is 0 Å². The maximum atomic E-state index is 9.96. The summed E-state index contributed by atoms with van der Waals surface area (Å²) >= 11 is 0. The molecule has 0 aromatic carbocycles. The first-order chi connectivity index (χ1) is 7.35. The number of hydrogen-bond acceptors (Lipinski definition) is 4. The second-order valence-corrected chi connectivity index (χ2v) is 2.33. The Balaban J connectivity index is -0.000000160. The van der Waals surface area contributed by atoms with Gasteiger partial charge in [-0.25, -0.2) is 4.79 Å². The van der Waals surface area contributed by atoms with Gasteiger partial charge in [0.15, 0.2) is 0 Å². The monoisotopic (exact) mass is 235 g/mol. The largest absolute Gasteiger partial charge is 0.469 e. The summed E-state index contributed by atoms with van der Waals surface area (Å²) in [4.78, 5) is 29.2. The number of rotatable bonds is 0. The molecule has 0 saturated heterocycles. The van der Waals surface area contributed by atoms with E-state index in [1.54, 1.807) is 21.1 Å². The molecule has 7 heteroatoms. The summed E-state index contributed by atoms with van der Waals surface area (Å²) in [7, 11) is 6.09. The van der Waals surface area contributed by atoms with Crippen molar-refractivity contribution in [1.29, 1.82) is 0 Å². The molecule has 0 spiro atoms. The zero-order valence-corrected chi connectivity index (χ0v) is 10.6. The Morgan fingerprint density at radius 3 is 1.12 bits per heavy atom. The quantitative estimate of drug-likeness (QED) is 0.492. The molecular weight excluding hydrogens is 214 g/mol. The Bertz CT molecular complexity index is 187. The number of methoxy groups -OCH3 is 1. The normalized spacial score (nSPS) is 6.88. The van der Waals surface area contributed by atoms with Crippen molar-refractivity contribution in [2.75, 3.05) is 28.3 Å². The smallest absolute Gasteiger partial charge is 0.314 e. The maximum Gasteiger partial charge on any atom is 0.314 e. The van der Waals surface area contributed by atoms with E-state index in [4.69, 9.17) is 0 Å². The second-order valence-electron chi connectivity index (χ2n) is 2.33. The average molecular weight is 235 g/mol. The van der Waals surface area contributed by atoms with Crippen LogP contribution in [0.4, 0.5) is 4.79 Å². The van der Waals surface area contributed by atoms with E-state index in [2.05, 4.69) is 20.7 Å². The molecule has 0 bridgehead atoms. The highest BCUT2D eigenvalue weighted by atomic mass is 16.5. The Kier molecular flexibility index (Phi) is 19.3. The van der Waals surface area contributed by atoms with Crippen molar-refractivity contribution in [1.82, 2.24) is 16.0 Å². The topological polar surface area (TPSA) is 96.5 Å². The van der Waals surface area contributed by atoms with Gasteiger partial charge < -0.3 is 20.7 Å². The van der Waals surface area contributed by atoms with Gasteiger partial charge in [-0.1, -0.05) is 0 Å². The molecule has 0 aliphatic carbocycles. The summed E-state index contributed by atoms with van der Waals surface area (Å²) in [6, 6.07) is -0.157. The highest BCUT2D eigenvalue weighted by Crippen LogP contribution is 1.60. The first-order valence-corrected chi connectivity index (χ1v) is 4.47. The third-order valence-corrected chi connectivity index (χ3v) is 1.09. The molecule has 0 aliphatic rings. The van der Waals surface area contributed by atoms with Crippen LogP contribution in [-0.4, -0.2) is 46.2 Å². The number of ether oxygens (including phenoxy) is 1. The number of carbonyl (C=O) groups excluding carboxylic acids is 3. The lowest BCUT2D eigenvalue weighted by molar-refractivity contribution is -0.137. The van der Waals surface area contributed by atoms with E-state index in [9.17, 15) is 14.4 Å². The van der Waals surface area contributed by atoms with Gasteiger partial charge in [0, 0.05) is 35.0 Å². The van der Waals surface area contributed by atoms with Crippen LogP contribution in [0.25, 0.3) is 0 Å². The maximum absolute atomic E-state index is 9.96. The Labute approximate surface area is 95.9 Å². The van der Waals surface area contributed by atoms with Crippen molar-refractivity contribution in [3.05, 3.63) is 0 Å². The van der Waals surface area contributed by atoms with Crippen LogP contribution in [0.1, 0.15) is 13.8 Å². The average Bonchev–Trinajstić information content (AvgIpc) is 2.29. The SMILES string of the molecule is CNC(=O)NC.CNC(C)=O.COC(C)=O. The van der Waals surface area contributed by atoms with Crippen LogP contribution in [0.5, 0.6) is 0 Å². The van der Waals surface area contributed by atoms with Gasteiger partial charge in [-0.15, -0.1) is 0 Å². The van der Waals surface area contributed by atoms with Crippen LogP contribution in [0.3, 0.4) is 0 Å². The fourth-order valence-electron chi connectivity index (χ4n) is 0.125. The van der Waals surface area contributed by atoms with E-state index >= 15 is 0 Å². The van der Waals surface area contributed by atoms with Crippen molar-refractivity contribution in [2.24, 2.45) is 0 Å². The highest BCUT2D eigenvalue weighted by Gasteiger charge is 1.81. The van der Waals surface area contributed by atoms with E-state index in [0.717, 1.165) is 0 Å². The number of hydrogen-bond donors (Lipinski definition) is 3. The van der Waals surface area contributed by atoms with E-state index < -0.39 is 0 Å². The van der Waals surface area contributed by atoms with Crippen LogP contribution >= 0.6 is 0 Å². The van der Waals surface area contributed by atoms with Crippen molar-refractivity contribution >= 4 is 17.9 Å². The number of urea groups is 1. The lowest BCUT2D eigenvalue weighted by atomic mass is 10.7. The summed E-state index contributed by atoms with van der Waals surface area (Å²) in [5.74, 6) is -0.241. The van der Waals surface area contributed by atoms with Crippen LogP contribution in [0.15, 0.2) is 0 Å². The molecule has 0 atom stereocenters. The Morgan fingerprint density at radius 2 is 1.12 bits per heavy atom. The predicted molar refractivity (Wildman–Crippen MR) is 60.9 cm³/mol. The fraction of sp³-hybridized carbons (Fsp3) is 0.667. The minimum Gasteiger partial charge on any atom is -0.469 e. The molecule has 0 aliphatic heterocycles. The first kappa shape index (κ1) is 19.7. The number of amides is 3. The molecule has 0 unspecified atom stereocenters. The van der Waals surface area contributed by atoms with Crippen molar-refractivity contribution in [3.63, 3.8) is 0 Å². The fourth-order valence-corrected chi connectivity index (χ4v) is 0.125. The van der Waals surface area contributed by atoms with E-state index in [-0.39, 0.29) is 17.9 Å². The molecular formula is C9H21N3O4. The number of carbonyl (C=O) groups is 3. The van der Waals surface area contributed by atoms with Crippen LogP contribution in [0.2, 0.25) is 0 Å². The summed E-state index contributed by atoms with van der Waals surface area (Å²) in [5.41, 5.74) is 0. The Morgan fingerprint density at radius 1 is 0.875 bits per heavy atom. The molecule has 96 valence electrons. The molecule has 0 radical (unpaired) electrons. The minimum absolute atomic E-state index is 0.00463. The zero-order chi connectivity index (χ0) is 13.6. The van der Waals surface area contributed by atoms with Gasteiger partial charge in [0.1, 0.15) is 0 Å². The van der Waals surface area contributed by atoms with Gasteiger partial charge in [-0.2, -0.15) is 0 Å². The molecule has 0 rings (SSSR count). The molecule has 0 heterocycles. The highest BCUT2D eigenvalue weighted by molar-refractivity contribution is 5.73. The van der Waals surface area contributed by atoms with Gasteiger partial charge in [-0.3, -0.25) is 9.59 Å². The van der Waals surface area contributed by atoms with Crippen LogP contribution in [-0.2, 0) is 14.3 Å². The number of esters is 1. The molecule has 0 aromatic heterocycles. The number of nitrogens with one attached hydrogen (secondary N) is 3. The van der Waals surface area contributed by atoms with Crippen molar-refractivity contribution < 1.29 is 19.1 Å². The Hall–Kier alpha value is -1.79. The van der Waals surface area contributed by atoms with Crippen molar-refractivity contribution in [3.8, 4) is 0 Å². The van der Waals surface area contributed by atoms with Gasteiger partial charge in [0.05, 0.1) is 7.11 Å². The van der Waals surface area contributed by atoms with Gasteiger partial charge in [0.2, 0.25) is 5.91 Å². The van der Waals surface area contributed by atoms with Gasteiger partial charge >= 0.3 is 12.0 Å². The minimum atomic E-state index is -0.245. The first-order valence-electron chi connectivity index (χ1n) is 4.47. The third kappa shape index (κ3) is 39.8. The molecule has 0 saturated carbocycles. The predicted octanol–water partition coefficient (Wildman–Crippen LogP) is -0.523. The van der Waals surface area contributed by atoms with Crippen LogP contribution < -0.4 is 16.0 Å². The standard InChI is InChI=1S/C3H8N2O.C3H7NO.C3H6O2/c1-4-3(6)5-2;1-3(5)4-2;1-3(4)5-2/h1-2H3,(H2,4,5,6);1-2H3,(H,4,5);1-2H3. The van der Waals surface area contributed by atoms with Crippen molar-refractivity contribution in [2.45, 2.75) is 13.8 Å².